The van der Waals surface area contributed by atoms with Gasteiger partial charge in [-0.3, -0.25) is 9.69 Å². The molecule has 0 aliphatic carbocycles. The lowest BCUT2D eigenvalue weighted by Crippen LogP contribution is -2.50. The Morgan fingerprint density at radius 1 is 0.860 bits per heavy atom. The molecule has 3 unspecified atom stereocenters. The van der Waals surface area contributed by atoms with Crippen molar-refractivity contribution in [1.29, 1.82) is 0 Å². The zero-order valence-corrected chi connectivity index (χ0v) is 28.2. The normalized spacial score (nSPS) is 19.5. The fourth-order valence-electron chi connectivity index (χ4n) is 6.21. The van der Waals surface area contributed by atoms with E-state index < -0.39 is 18.3 Å². The summed E-state index contributed by atoms with van der Waals surface area (Å²) >= 11 is 0. The first-order valence-electron chi connectivity index (χ1n) is 17.1. The Morgan fingerprint density at radius 2 is 1.60 bits per heavy atom. The molecule has 4 aromatic rings. The number of hydrogen-bond donors (Lipinski definition) is 3. The zero-order valence-electron chi connectivity index (χ0n) is 28.2. The van der Waals surface area contributed by atoms with Crippen LogP contribution < -0.4 is 15.5 Å². The van der Waals surface area contributed by atoms with E-state index in [2.05, 4.69) is 42.5 Å². The van der Waals surface area contributed by atoms with Gasteiger partial charge in [-0.25, -0.2) is 14.8 Å². The summed E-state index contributed by atoms with van der Waals surface area (Å²) < 4.78 is 18.1. The highest BCUT2D eigenvalue weighted by Crippen LogP contribution is 2.38. The van der Waals surface area contributed by atoms with Gasteiger partial charge < -0.3 is 34.9 Å². The number of aromatic nitrogens is 2. The number of aliphatic hydroxyl groups is 1. The van der Waals surface area contributed by atoms with Crippen LogP contribution in [0.4, 0.5) is 10.7 Å². The Hall–Kier alpha value is -4.88. The first-order chi connectivity index (χ1) is 24.5. The summed E-state index contributed by atoms with van der Waals surface area (Å²) in [6.07, 6.45) is 3.52. The standard InChI is InChI=1S/C38H44N6O6/c1-2-48-35(46)24-42-38(47)41-23-28-5-3-6-32(21-28)29-11-13-31(14-12-29)36-49-33(22-34(50-36)30-9-7-27(26-45)8-10-30)25-43-17-19-44(20-18-43)37-39-15-4-16-40-37/h3-16,21,33-34,36,45H,2,17-20,22-26H2,1H3,(H2,41,42,47). The van der Waals surface area contributed by atoms with Gasteiger partial charge in [0.15, 0.2) is 6.29 Å². The van der Waals surface area contributed by atoms with Crippen molar-refractivity contribution in [1.82, 2.24) is 25.5 Å². The molecule has 1 aromatic heterocycles. The quantitative estimate of drug-likeness (QED) is 0.185. The number of benzene rings is 3. The molecule has 0 bridgehead atoms. The Balaban J connectivity index is 1.10. The number of ether oxygens (including phenoxy) is 3. The highest BCUT2D eigenvalue weighted by Gasteiger charge is 2.34. The Labute approximate surface area is 292 Å². The molecule has 2 aliphatic heterocycles. The zero-order chi connectivity index (χ0) is 34.7. The van der Waals surface area contributed by atoms with Gasteiger partial charge in [-0.15, -0.1) is 0 Å². The molecule has 6 rings (SSSR count). The maximum absolute atomic E-state index is 12.1. The van der Waals surface area contributed by atoms with E-state index in [1.165, 1.54) is 0 Å². The van der Waals surface area contributed by atoms with Gasteiger partial charge in [0.05, 0.1) is 25.4 Å². The maximum atomic E-state index is 12.1. The summed E-state index contributed by atoms with van der Waals surface area (Å²) in [4.78, 5) is 37.1. The molecule has 2 fully saturated rings. The van der Waals surface area contributed by atoms with Crippen LogP contribution in [-0.4, -0.2) is 84.0 Å². The van der Waals surface area contributed by atoms with Crippen LogP contribution in [0.3, 0.4) is 0 Å². The van der Waals surface area contributed by atoms with Crippen molar-refractivity contribution in [2.45, 2.75) is 45.0 Å². The average Bonchev–Trinajstić information content (AvgIpc) is 3.17. The van der Waals surface area contributed by atoms with Crippen LogP contribution in [0.5, 0.6) is 0 Å². The van der Waals surface area contributed by atoms with E-state index in [0.717, 1.165) is 78.5 Å². The summed E-state index contributed by atoms with van der Waals surface area (Å²) in [5, 5.41) is 14.8. The van der Waals surface area contributed by atoms with Crippen LogP contribution in [-0.2, 0) is 32.2 Å². The number of anilines is 1. The van der Waals surface area contributed by atoms with Crippen molar-refractivity contribution >= 4 is 17.9 Å². The second-order valence-electron chi connectivity index (χ2n) is 12.4. The lowest BCUT2D eigenvalue weighted by molar-refractivity contribution is -0.253. The predicted octanol–water partition coefficient (Wildman–Crippen LogP) is 4.37. The number of nitrogens with zero attached hydrogens (tertiary/aromatic N) is 4. The van der Waals surface area contributed by atoms with Crippen molar-refractivity contribution in [3.05, 3.63) is 114 Å². The summed E-state index contributed by atoms with van der Waals surface area (Å²) in [5.74, 6) is 0.288. The molecule has 2 aliphatic rings. The fourth-order valence-corrected chi connectivity index (χ4v) is 6.21. The number of urea groups is 1. The van der Waals surface area contributed by atoms with E-state index in [1.807, 2.05) is 66.7 Å². The Morgan fingerprint density at radius 3 is 2.32 bits per heavy atom. The first-order valence-corrected chi connectivity index (χ1v) is 17.1. The molecule has 0 saturated carbocycles. The molecule has 262 valence electrons. The molecule has 0 radical (unpaired) electrons. The number of esters is 1. The lowest BCUT2D eigenvalue weighted by atomic mass is 9.99. The largest absolute Gasteiger partial charge is 0.465 e. The number of carbonyl (C=O) groups excluding carboxylic acids is 2. The molecular formula is C38H44N6O6. The highest BCUT2D eigenvalue weighted by atomic mass is 16.7. The molecule has 2 saturated heterocycles. The Kier molecular flexibility index (Phi) is 12.0. The molecule has 3 aromatic carbocycles. The van der Waals surface area contributed by atoms with E-state index in [1.54, 1.807) is 19.3 Å². The molecular weight excluding hydrogens is 636 g/mol. The summed E-state index contributed by atoms with van der Waals surface area (Å²) in [6.45, 7) is 6.38. The summed E-state index contributed by atoms with van der Waals surface area (Å²) in [6, 6.07) is 25.5. The van der Waals surface area contributed by atoms with Gasteiger partial charge in [0.25, 0.3) is 0 Å². The van der Waals surface area contributed by atoms with Gasteiger partial charge in [0.2, 0.25) is 5.95 Å². The van der Waals surface area contributed by atoms with Gasteiger partial charge in [-0.2, -0.15) is 0 Å². The summed E-state index contributed by atoms with van der Waals surface area (Å²) in [7, 11) is 0. The van der Waals surface area contributed by atoms with Gasteiger partial charge in [-0.05, 0) is 46.9 Å². The van der Waals surface area contributed by atoms with Crippen LogP contribution in [0.2, 0.25) is 0 Å². The van der Waals surface area contributed by atoms with E-state index in [4.69, 9.17) is 14.2 Å². The highest BCUT2D eigenvalue weighted by molar-refractivity contribution is 5.80. The third-order valence-electron chi connectivity index (χ3n) is 8.88. The second kappa shape index (κ2) is 17.2. The third kappa shape index (κ3) is 9.42. The molecule has 12 nitrogen and oxygen atoms in total. The molecule has 3 N–H and O–H groups in total. The number of aliphatic hydroxyl groups excluding tert-OH is 1. The van der Waals surface area contributed by atoms with Crippen molar-refractivity contribution in [2.75, 3.05) is 50.8 Å². The van der Waals surface area contributed by atoms with Crippen LogP contribution >= 0.6 is 0 Å². The summed E-state index contributed by atoms with van der Waals surface area (Å²) in [5.41, 5.74) is 5.80. The molecule has 2 amide bonds. The van der Waals surface area contributed by atoms with Crippen molar-refractivity contribution in [2.24, 2.45) is 0 Å². The number of hydrogen-bond acceptors (Lipinski definition) is 10. The van der Waals surface area contributed by atoms with Crippen LogP contribution in [0, 0.1) is 0 Å². The second-order valence-corrected chi connectivity index (χ2v) is 12.4. The fraction of sp³-hybridized carbons (Fsp3) is 0.368. The first kappa shape index (κ1) is 35.0. The topological polar surface area (TPSA) is 138 Å². The average molecular weight is 681 g/mol. The molecule has 0 spiro atoms. The van der Waals surface area contributed by atoms with Crippen LogP contribution in [0.15, 0.2) is 91.3 Å². The van der Waals surface area contributed by atoms with E-state index in [0.29, 0.717) is 6.54 Å². The minimum Gasteiger partial charge on any atom is -0.465 e. The predicted molar refractivity (Wildman–Crippen MR) is 188 cm³/mol. The van der Waals surface area contributed by atoms with E-state index >= 15 is 0 Å². The number of rotatable bonds is 12. The smallest absolute Gasteiger partial charge is 0.325 e. The third-order valence-corrected chi connectivity index (χ3v) is 8.88. The SMILES string of the molecule is CCOC(=O)CNC(=O)NCc1cccc(-c2ccc(C3OC(CN4CCN(c5ncccn5)CC4)CC(c4ccc(CO)cc4)O3)cc2)c1. The van der Waals surface area contributed by atoms with Crippen molar-refractivity contribution in [3.63, 3.8) is 0 Å². The number of carbonyl (C=O) groups is 2. The van der Waals surface area contributed by atoms with Crippen molar-refractivity contribution in [3.8, 4) is 11.1 Å². The van der Waals surface area contributed by atoms with Crippen LogP contribution in [0.25, 0.3) is 11.1 Å². The minimum atomic E-state index is -0.548. The molecule has 12 heteroatoms. The van der Waals surface area contributed by atoms with Gasteiger partial charge in [0, 0.05) is 63.6 Å². The number of nitrogens with one attached hydrogen (secondary N) is 2. The molecule has 3 heterocycles. The van der Waals surface area contributed by atoms with Gasteiger partial charge in [0.1, 0.15) is 6.54 Å². The van der Waals surface area contributed by atoms with E-state index in [9.17, 15) is 14.7 Å². The maximum Gasteiger partial charge on any atom is 0.325 e. The van der Waals surface area contributed by atoms with Gasteiger partial charge in [-0.1, -0.05) is 66.7 Å². The van der Waals surface area contributed by atoms with Crippen molar-refractivity contribution < 1.29 is 28.9 Å². The Bertz CT molecular complexity index is 1680. The van der Waals surface area contributed by atoms with Gasteiger partial charge >= 0.3 is 12.0 Å². The lowest BCUT2D eigenvalue weighted by Gasteiger charge is -2.40. The minimum absolute atomic E-state index is 0.00160. The van der Waals surface area contributed by atoms with E-state index in [-0.39, 0.29) is 32.0 Å². The van der Waals surface area contributed by atoms with Crippen LogP contribution in [0.1, 0.15) is 48.0 Å². The molecule has 3 atom stereocenters. The number of amides is 2. The molecule has 50 heavy (non-hydrogen) atoms. The monoisotopic (exact) mass is 680 g/mol. The number of piperazine rings is 1.